The van der Waals surface area contributed by atoms with Crippen molar-refractivity contribution in [3.63, 3.8) is 0 Å². The van der Waals surface area contributed by atoms with Crippen LogP contribution in [0.2, 0.25) is 0 Å². The van der Waals surface area contributed by atoms with Crippen LogP contribution in [0, 0.1) is 12.8 Å². The lowest BCUT2D eigenvalue weighted by Gasteiger charge is -2.37. The van der Waals surface area contributed by atoms with Gasteiger partial charge in [0.05, 0.1) is 12.1 Å². The lowest BCUT2D eigenvalue weighted by atomic mass is 9.96. The van der Waals surface area contributed by atoms with Gasteiger partial charge in [0.25, 0.3) is 5.91 Å². The first kappa shape index (κ1) is 19.4. The molecule has 5 heteroatoms. The Morgan fingerprint density at radius 3 is 2.60 bits per heavy atom. The number of anilines is 1. The number of nitrogens with one attached hydrogen (secondary N) is 1. The highest BCUT2D eigenvalue weighted by Gasteiger charge is 2.30. The third kappa shape index (κ3) is 5.05. The lowest BCUT2D eigenvalue weighted by molar-refractivity contribution is -0.116. The van der Waals surface area contributed by atoms with E-state index in [0.29, 0.717) is 24.4 Å². The molecule has 5 nitrogen and oxygen atoms in total. The Bertz CT molecular complexity index is 625. The fraction of sp³-hybridized carbons (Fsp3) is 0.600. The minimum Gasteiger partial charge on any atom is -0.391 e. The van der Waals surface area contributed by atoms with Crippen LogP contribution in [0.15, 0.2) is 18.2 Å². The van der Waals surface area contributed by atoms with Crippen molar-refractivity contribution in [2.75, 3.05) is 11.9 Å². The standard InChI is InChI=1S/C20H30N2O3/c1-13(2)11-19(24)21-17-9-8-16(12-14(17)3)20(25)22-10-6-5-7-18(22)15(4)23/h8-9,12-13,15,18,23H,5-7,10-11H2,1-4H3,(H,21,24). The summed E-state index contributed by atoms with van der Waals surface area (Å²) in [6.45, 7) is 8.33. The summed E-state index contributed by atoms with van der Waals surface area (Å²) in [6, 6.07) is 5.25. The molecule has 1 heterocycles. The lowest BCUT2D eigenvalue weighted by Crippen LogP contribution is -2.48. The van der Waals surface area contributed by atoms with Crippen LogP contribution in [0.3, 0.4) is 0 Å². The van der Waals surface area contributed by atoms with Crippen molar-refractivity contribution in [2.24, 2.45) is 5.92 Å². The summed E-state index contributed by atoms with van der Waals surface area (Å²) < 4.78 is 0. The molecule has 1 aromatic rings. The first-order valence-electron chi connectivity index (χ1n) is 9.19. The number of carbonyl (C=O) groups excluding carboxylic acids is 2. The Kier molecular flexibility index (Phi) is 6.59. The Morgan fingerprint density at radius 2 is 2.00 bits per heavy atom. The number of nitrogens with zero attached hydrogens (tertiary/aromatic N) is 1. The molecule has 1 aromatic carbocycles. The number of likely N-dealkylation sites (tertiary alicyclic amines) is 1. The molecule has 0 bridgehead atoms. The molecule has 2 rings (SSSR count). The number of amides is 2. The van der Waals surface area contributed by atoms with Gasteiger partial charge in [-0.2, -0.15) is 0 Å². The first-order valence-corrected chi connectivity index (χ1v) is 9.19. The van der Waals surface area contributed by atoms with E-state index in [1.54, 1.807) is 24.0 Å². The summed E-state index contributed by atoms with van der Waals surface area (Å²) in [5.41, 5.74) is 2.22. The number of carbonyl (C=O) groups is 2. The van der Waals surface area contributed by atoms with Crippen molar-refractivity contribution in [3.8, 4) is 0 Å². The summed E-state index contributed by atoms with van der Waals surface area (Å²) in [4.78, 5) is 26.6. The third-order valence-electron chi connectivity index (χ3n) is 4.71. The molecule has 0 aliphatic carbocycles. The highest BCUT2D eigenvalue weighted by molar-refractivity contribution is 5.96. The highest BCUT2D eigenvalue weighted by Crippen LogP contribution is 2.24. The Hall–Kier alpha value is -1.88. The van der Waals surface area contributed by atoms with Gasteiger partial charge in [0.1, 0.15) is 0 Å². The van der Waals surface area contributed by atoms with Crippen molar-refractivity contribution in [1.82, 2.24) is 4.90 Å². The van der Waals surface area contributed by atoms with Crippen LogP contribution in [0.1, 0.15) is 62.4 Å². The van der Waals surface area contributed by atoms with Crippen LogP contribution in [-0.4, -0.2) is 40.5 Å². The zero-order chi connectivity index (χ0) is 18.6. The van der Waals surface area contributed by atoms with Crippen molar-refractivity contribution in [2.45, 2.75) is 65.5 Å². The molecule has 25 heavy (non-hydrogen) atoms. The molecular formula is C20H30N2O3. The van der Waals surface area contributed by atoms with Gasteiger partial charge in [-0.3, -0.25) is 9.59 Å². The quantitative estimate of drug-likeness (QED) is 0.859. The molecule has 1 aliphatic rings. The van der Waals surface area contributed by atoms with Crippen molar-refractivity contribution >= 4 is 17.5 Å². The van der Waals surface area contributed by atoms with Crippen LogP contribution >= 0.6 is 0 Å². The largest absolute Gasteiger partial charge is 0.391 e. The number of piperidine rings is 1. The number of benzene rings is 1. The molecule has 1 saturated heterocycles. The fourth-order valence-electron chi connectivity index (χ4n) is 3.39. The second kappa shape index (κ2) is 8.48. The van der Waals surface area contributed by atoms with E-state index in [-0.39, 0.29) is 17.9 Å². The van der Waals surface area contributed by atoms with E-state index in [0.717, 1.165) is 30.5 Å². The van der Waals surface area contributed by atoms with Gasteiger partial charge in [-0.15, -0.1) is 0 Å². The zero-order valence-corrected chi connectivity index (χ0v) is 15.7. The maximum absolute atomic E-state index is 12.9. The van der Waals surface area contributed by atoms with Crippen molar-refractivity contribution in [3.05, 3.63) is 29.3 Å². The number of aliphatic hydroxyl groups is 1. The Balaban J connectivity index is 2.13. The van der Waals surface area contributed by atoms with Gasteiger partial charge >= 0.3 is 0 Å². The van der Waals surface area contributed by atoms with E-state index >= 15 is 0 Å². The summed E-state index contributed by atoms with van der Waals surface area (Å²) in [6.07, 6.45) is 2.80. The zero-order valence-electron chi connectivity index (χ0n) is 15.7. The second-order valence-corrected chi connectivity index (χ2v) is 7.48. The first-order chi connectivity index (χ1) is 11.8. The Morgan fingerprint density at radius 1 is 1.28 bits per heavy atom. The van der Waals surface area contributed by atoms with Crippen molar-refractivity contribution in [1.29, 1.82) is 0 Å². The van der Waals surface area contributed by atoms with Gasteiger partial charge in [-0.25, -0.2) is 0 Å². The molecule has 138 valence electrons. The molecule has 0 spiro atoms. The van der Waals surface area contributed by atoms with E-state index in [1.165, 1.54) is 0 Å². The maximum atomic E-state index is 12.9. The number of aryl methyl sites for hydroxylation is 1. The van der Waals surface area contributed by atoms with Crippen LogP contribution in [-0.2, 0) is 4.79 Å². The van der Waals surface area contributed by atoms with E-state index in [4.69, 9.17) is 0 Å². The van der Waals surface area contributed by atoms with Crippen LogP contribution in [0.4, 0.5) is 5.69 Å². The SMILES string of the molecule is Cc1cc(C(=O)N2CCCCC2C(C)O)ccc1NC(=O)CC(C)C. The van der Waals surface area contributed by atoms with E-state index < -0.39 is 6.10 Å². The smallest absolute Gasteiger partial charge is 0.254 e. The third-order valence-corrected chi connectivity index (χ3v) is 4.71. The van der Waals surface area contributed by atoms with Crippen molar-refractivity contribution < 1.29 is 14.7 Å². The summed E-state index contributed by atoms with van der Waals surface area (Å²) in [5.74, 6) is 0.244. The molecular weight excluding hydrogens is 316 g/mol. The molecule has 2 amide bonds. The molecule has 0 radical (unpaired) electrons. The Labute approximate surface area is 150 Å². The van der Waals surface area contributed by atoms with E-state index in [2.05, 4.69) is 5.32 Å². The summed E-state index contributed by atoms with van der Waals surface area (Å²) in [7, 11) is 0. The highest BCUT2D eigenvalue weighted by atomic mass is 16.3. The molecule has 1 fully saturated rings. The second-order valence-electron chi connectivity index (χ2n) is 7.48. The van der Waals surface area contributed by atoms with Gasteiger partial charge in [-0.05, 0) is 62.8 Å². The minimum absolute atomic E-state index is 0.0117. The van der Waals surface area contributed by atoms with E-state index in [1.807, 2.05) is 26.8 Å². The van der Waals surface area contributed by atoms with Crippen LogP contribution in [0.5, 0.6) is 0 Å². The number of hydrogen-bond acceptors (Lipinski definition) is 3. The molecule has 2 atom stereocenters. The van der Waals surface area contributed by atoms with Gasteiger partial charge in [0, 0.05) is 24.2 Å². The molecule has 2 unspecified atom stereocenters. The molecule has 2 N–H and O–H groups in total. The fourth-order valence-corrected chi connectivity index (χ4v) is 3.39. The average molecular weight is 346 g/mol. The summed E-state index contributed by atoms with van der Waals surface area (Å²) in [5, 5.41) is 12.9. The van der Waals surface area contributed by atoms with Crippen LogP contribution in [0.25, 0.3) is 0 Å². The number of hydrogen-bond donors (Lipinski definition) is 2. The maximum Gasteiger partial charge on any atom is 0.254 e. The van der Waals surface area contributed by atoms with Gasteiger partial charge in [0.15, 0.2) is 0 Å². The van der Waals surface area contributed by atoms with E-state index in [9.17, 15) is 14.7 Å². The molecule has 1 aliphatic heterocycles. The molecule has 0 saturated carbocycles. The normalized spacial score (nSPS) is 19.0. The van der Waals surface area contributed by atoms with Gasteiger partial charge < -0.3 is 15.3 Å². The number of aliphatic hydroxyl groups excluding tert-OH is 1. The van der Waals surface area contributed by atoms with Gasteiger partial charge in [-0.1, -0.05) is 13.8 Å². The minimum atomic E-state index is -0.528. The summed E-state index contributed by atoms with van der Waals surface area (Å²) >= 11 is 0. The van der Waals surface area contributed by atoms with Crippen LogP contribution < -0.4 is 5.32 Å². The topological polar surface area (TPSA) is 69.6 Å². The van der Waals surface area contributed by atoms with Gasteiger partial charge in [0.2, 0.25) is 5.91 Å². The predicted octanol–water partition coefficient (Wildman–Crippen LogP) is 3.36. The predicted molar refractivity (Wildman–Crippen MR) is 99.6 cm³/mol. The molecule has 0 aromatic heterocycles. The average Bonchev–Trinajstić information content (AvgIpc) is 2.55. The monoisotopic (exact) mass is 346 g/mol. The number of rotatable bonds is 5.